The van der Waals surface area contributed by atoms with Crippen molar-refractivity contribution in [2.45, 2.75) is 9.79 Å². The molecular formula is C12H15N3O4S2. The highest BCUT2D eigenvalue weighted by molar-refractivity contribution is 7.93. The number of sulfone groups is 2. The van der Waals surface area contributed by atoms with Crippen molar-refractivity contribution in [3.05, 3.63) is 24.3 Å². The quantitative estimate of drug-likeness (QED) is 0.876. The lowest BCUT2D eigenvalue weighted by Gasteiger charge is -2.10. The van der Waals surface area contributed by atoms with Crippen LogP contribution < -0.4 is 5.73 Å². The Balaban J connectivity index is 2.91. The van der Waals surface area contributed by atoms with E-state index in [1.54, 1.807) is 7.05 Å². The highest BCUT2D eigenvalue weighted by atomic mass is 32.2. The average molecular weight is 329 g/mol. The molecule has 0 unspecified atom stereocenters. The van der Waals surface area contributed by atoms with Crippen molar-refractivity contribution in [2.75, 3.05) is 18.2 Å². The number of aryl methyl sites for hydroxylation is 1. The van der Waals surface area contributed by atoms with E-state index in [9.17, 15) is 16.8 Å². The minimum atomic E-state index is -3.77. The molecule has 0 saturated carbocycles. The van der Waals surface area contributed by atoms with Crippen LogP contribution in [0, 0.1) is 0 Å². The van der Waals surface area contributed by atoms with Crippen LogP contribution in [0.5, 0.6) is 0 Å². The molecule has 0 amide bonds. The SMILES string of the molecule is Cn1nc(-c2cccc(S(C)(=O)=O)c2S(C)(=O)=O)cc1N. The van der Waals surface area contributed by atoms with Gasteiger partial charge < -0.3 is 5.73 Å². The number of hydrogen-bond acceptors (Lipinski definition) is 6. The molecule has 2 aromatic rings. The molecule has 7 nitrogen and oxygen atoms in total. The molecule has 0 atom stereocenters. The molecule has 9 heteroatoms. The fourth-order valence-electron chi connectivity index (χ4n) is 2.01. The van der Waals surface area contributed by atoms with Gasteiger partial charge in [0.25, 0.3) is 0 Å². The summed E-state index contributed by atoms with van der Waals surface area (Å²) in [5.74, 6) is 0.342. The Bertz CT molecular complexity index is 892. The Morgan fingerprint density at radius 2 is 1.71 bits per heavy atom. The van der Waals surface area contributed by atoms with Gasteiger partial charge in [-0.3, -0.25) is 4.68 Å². The Labute approximate surface area is 123 Å². The number of benzene rings is 1. The van der Waals surface area contributed by atoms with Crippen LogP contribution in [0.2, 0.25) is 0 Å². The number of nitrogens with two attached hydrogens (primary N) is 1. The molecule has 1 aromatic heterocycles. The highest BCUT2D eigenvalue weighted by Crippen LogP contribution is 2.32. The lowest BCUT2D eigenvalue weighted by atomic mass is 10.1. The van der Waals surface area contributed by atoms with Crippen molar-refractivity contribution in [3.8, 4) is 11.3 Å². The molecule has 0 fully saturated rings. The first-order chi connectivity index (χ1) is 9.51. The van der Waals surface area contributed by atoms with E-state index in [1.165, 1.54) is 28.9 Å². The van der Waals surface area contributed by atoms with Gasteiger partial charge in [-0.1, -0.05) is 12.1 Å². The lowest BCUT2D eigenvalue weighted by Crippen LogP contribution is -2.09. The van der Waals surface area contributed by atoms with Crippen LogP contribution in [-0.4, -0.2) is 39.1 Å². The molecule has 2 N–H and O–H groups in total. The third kappa shape index (κ3) is 2.93. The predicted octanol–water partition coefficient (Wildman–Crippen LogP) is 0.476. The monoisotopic (exact) mass is 329 g/mol. The zero-order valence-electron chi connectivity index (χ0n) is 11.7. The van der Waals surface area contributed by atoms with E-state index in [0.29, 0.717) is 11.5 Å². The van der Waals surface area contributed by atoms with Crippen molar-refractivity contribution in [3.63, 3.8) is 0 Å². The van der Waals surface area contributed by atoms with Gasteiger partial charge in [0, 0.05) is 31.2 Å². The van der Waals surface area contributed by atoms with Gasteiger partial charge in [-0.2, -0.15) is 5.10 Å². The van der Waals surface area contributed by atoms with Crippen LogP contribution in [0.4, 0.5) is 5.82 Å². The first kappa shape index (κ1) is 15.5. The molecule has 21 heavy (non-hydrogen) atoms. The summed E-state index contributed by atoms with van der Waals surface area (Å²) in [6, 6.07) is 5.75. The first-order valence-electron chi connectivity index (χ1n) is 5.85. The zero-order valence-corrected chi connectivity index (χ0v) is 13.4. The van der Waals surface area contributed by atoms with Crippen LogP contribution in [0.1, 0.15) is 0 Å². The zero-order chi connectivity index (χ0) is 16.0. The van der Waals surface area contributed by atoms with Gasteiger partial charge >= 0.3 is 0 Å². The normalized spacial score (nSPS) is 12.5. The summed E-state index contributed by atoms with van der Waals surface area (Å²) in [5, 5.41) is 4.11. The third-order valence-corrected chi connectivity index (χ3v) is 5.39. The minimum Gasteiger partial charge on any atom is -0.384 e. The van der Waals surface area contributed by atoms with E-state index in [-0.39, 0.29) is 15.4 Å². The maximum atomic E-state index is 12.1. The van der Waals surface area contributed by atoms with Crippen LogP contribution >= 0.6 is 0 Å². The third-order valence-electron chi connectivity index (χ3n) is 2.94. The summed E-state index contributed by atoms with van der Waals surface area (Å²) in [6.07, 6.45) is 1.93. The van der Waals surface area contributed by atoms with E-state index in [1.807, 2.05) is 0 Å². The molecule has 114 valence electrons. The largest absolute Gasteiger partial charge is 0.384 e. The number of nitrogen functional groups attached to an aromatic ring is 1. The Hall–Kier alpha value is -1.87. The predicted molar refractivity (Wildman–Crippen MR) is 79.3 cm³/mol. The summed E-state index contributed by atoms with van der Waals surface area (Å²) >= 11 is 0. The van der Waals surface area contributed by atoms with Gasteiger partial charge in [0.2, 0.25) is 0 Å². The number of aromatic nitrogens is 2. The minimum absolute atomic E-state index is 0.215. The van der Waals surface area contributed by atoms with Crippen molar-refractivity contribution < 1.29 is 16.8 Å². The van der Waals surface area contributed by atoms with Crippen molar-refractivity contribution >= 4 is 25.5 Å². The lowest BCUT2D eigenvalue weighted by molar-refractivity contribution is 0.589. The summed E-state index contributed by atoms with van der Waals surface area (Å²) < 4.78 is 49.2. The van der Waals surface area contributed by atoms with E-state index in [4.69, 9.17) is 5.73 Å². The average Bonchev–Trinajstić information content (AvgIpc) is 2.66. The van der Waals surface area contributed by atoms with E-state index in [2.05, 4.69) is 5.10 Å². The number of rotatable bonds is 3. The molecule has 0 aliphatic rings. The molecule has 1 heterocycles. The molecule has 2 rings (SSSR count). The summed E-state index contributed by atoms with van der Waals surface area (Å²) in [4.78, 5) is -0.502. The van der Waals surface area contributed by atoms with Gasteiger partial charge in [0.15, 0.2) is 19.7 Å². The summed E-state index contributed by atoms with van der Waals surface area (Å²) in [7, 11) is -5.85. The van der Waals surface area contributed by atoms with E-state index >= 15 is 0 Å². The van der Waals surface area contributed by atoms with Gasteiger partial charge in [0.1, 0.15) is 5.82 Å². The molecule has 0 bridgehead atoms. The Kier molecular flexibility index (Phi) is 3.58. The topological polar surface area (TPSA) is 112 Å². The van der Waals surface area contributed by atoms with Crippen molar-refractivity contribution in [1.82, 2.24) is 9.78 Å². The molecule has 0 radical (unpaired) electrons. The fraction of sp³-hybridized carbons (Fsp3) is 0.250. The number of nitrogens with zero attached hydrogens (tertiary/aromatic N) is 2. The van der Waals surface area contributed by atoms with Crippen molar-refractivity contribution in [2.24, 2.45) is 7.05 Å². The molecule has 0 spiro atoms. The molecule has 0 aliphatic heterocycles. The smallest absolute Gasteiger partial charge is 0.177 e. The summed E-state index contributed by atoms with van der Waals surface area (Å²) in [5.41, 5.74) is 6.22. The van der Waals surface area contributed by atoms with Crippen molar-refractivity contribution in [1.29, 1.82) is 0 Å². The summed E-state index contributed by atoms with van der Waals surface area (Å²) in [6.45, 7) is 0. The van der Waals surface area contributed by atoms with Gasteiger partial charge in [-0.25, -0.2) is 16.8 Å². The standard InChI is InChI=1S/C12H15N3O4S2/c1-15-11(13)7-9(14-15)8-5-4-6-10(20(2,16)17)12(8)21(3,18)19/h4-7H,13H2,1-3H3. The molecule has 0 saturated heterocycles. The Morgan fingerprint density at radius 1 is 1.10 bits per heavy atom. The molecule has 0 aliphatic carbocycles. The maximum Gasteiger partial charge on any atom is 0.177 e. The fourth-order valence-corrected chi connectivity index (χ4v) is 4.69. The van der Waals surface area contributed by atoms with Gasteiger partial charge in [-0.05, 0) is 6.07 Å². The molecular weight excluding hydrogens is 314 g/mol. The Morgan fingerprint density at radius 3 is 2.14 bits per heavy atom. The van der Waals surface area contributed by atoms with Gasteiger partial charge in [0.05, 0.1) is 15.5 Å². The van der Waals surface area contributed by atoms with Crippen LogP contribution in [0.25, 0.3) is 11.3 Å². The van der Waals surface area contributed by atoms with E-state index < -0.39 is 19.7 Å². The molecule has 1 aromatic carbocycles. The first-order valence-corrected chi connectivity index (χ1v) is 9.63. The van der Waals surface area contributed by atoms with Crippen LogP contribution in [0.3, 0.4) is 0 Å². The second-order valence-corrected chi connectivity index (χ2v) is 8.69. The maximum absolute atomic E-state index is 12.1. The number of anilines is 1. The second kappa shape index (κ2) is 4.85. The van der Waals surface area contributed by atoms with Crippen LogP contribution in [0.15, 0.2) is 34.1 Å². The van der Waals surface area contributed by atoms with E-state index in [0.717, 1.165) is 12.5 Å². The number of hydrogen-bond donors (Lipinski definition) is 1. The highest BCUT2D eigenvalue weighted by Gasteiger charge is 2.25. The van der Waals surface area contributed by atoms with Gasteiger partial charge in [-0.15, -0.1) is 0 Å². The second-order valence-electron chi connectivity index (χ2n) is 4.76. The van der Waals surface area contributed by atoms with Crippen LogP contribution in [-0.2, 0) is 26.7 Å².